The van der Waals surface area contributed by atoms with Crippen molar-refractivity contribution < 1.29 is 41.4 Å². The maximum absolute atomic E-state index is 14.2. The average Bonchev–Trinajstić information content (AvgIpc) is 2.83. The molecule has 35 heavy (non-hydrogen) atoms. The summed E-state index contributed by atoms with van der Waals surface area (Å²) in [6, 6.07) is 11.7. The molecule has 1 aliphatic heterocycles. The lowest BCUT2D eigenvalue weighted by molar-refractivity contribution is -0.274. The van der Waals surface area contributed by atoms with Crippen molar-refractivity contribution in [3.63, 3.8) is 0 Å². The van der Waals surface area contributed by atoms with Gasteiger partial charge < -0.3 is 19.9 Å². The van der Waals surface area contributed by atoms with Crippen LogP contribution in [0.4, 0.5) is 23.2 Å². The molecule has 0 saturated carbocycles. The first kappa shape index (κ1) is 25.1. The van der Waals surface area contributed by atoms with Gasteiger partial charge >= 0.3 is 18.3 Å². The van der Waals surface area contributed by atoms with E-state index < -0.39 is 58.6 Å². The van der Waals surface area contributed by atoms with Crippen molar-refractivity contribution in [2.75, 3.05) is 19.1 Å². The molecular formula is C23H17F4N3O5. The number of nitrogens with two attached hydrogens (primary N) is 1. The second kappa shape index (κ2) is 9.76. The van der Waals surface area contributed by atoms with Gasteiger partial charge in [-0.1, -0.05) is 30.3 Å². The highest BCUT2D eigenvalue weighted by Crippen LogP contribution is 2.46. The quantitative estimate of drug-likeness (QED) is 0.498. The number of hydrogen-bond acceptors (Lipinski definition) is 8. The van der Waals surface area contributed by atoms with E-state index in [0.717, 1.165) is 14.2 Å². The number of esters is 2. The standard InChI is InChI=1S/C23H17F4N3O5/c1-33-21(31)18-17(12-6-4-3-5-7-12)14(11-28)20(29)30(19(18)22(32)34-2)15-10-13(24)8-9-16(15)35-23(25,26)27/h3-10,17H,29H2,1-2H3. The molecule has 8 nitrogen and oxygen atoms in total. The van der Waals surface area contributed by atoms with Crippen molar-refractivity contribution in [1.82, 2.24) is 0 Å². The second-order valence-corrected chi connectivity index (χ2v) is 7.00. The Hall–Kier alpha value is -4.53. The fourth-order valence-corrected chi connectivity index (χ4v) is 3.64. The molecule has 0 amide bonds. The molecule has 0 bridgehead atoms. The fraction of sp³-hybridized carbons (Fsp3) is 0.174. The molecule has 0 saturated heterocycles. The first-order valence-corrected chi connectivity index (χ1v) is 9.75. The molecule has 1 aliphatic rings. The summed E-state index contributed by atoms with van der Waals surface area (Å²) in [5.74, 6) is -6.09. The topological polar surface area (TPSA) is 115 Å². The van der Waals surface area contributed by atoms with Crippen molar-refractivity contribution >= 4 is 17.6 Å². The van der Waals surface area contributed by atoms with Crippen LogP contribution in [0.15, 0.2) is 71.2 Å². The van der Waals surface area contributed by atoms with Gasteiger partial charge in [-0.15, -0.1) is 13.2 Å². The van der Waals surface area contributed by atoms with E-state index in [4.69, 9.17) is 15.2 Å². The predicted molar refractivity (Wildman–Crippen MR) is 113 cm³/mol. The molecule has 1 heterocycles. The van der Waals surface area contributed by atoms with Gasteiger partial charge in [-0.05, 0) is 17.7 Å². The van der Waals surface area contributed by atoms with E-state index in [2.05, 4.69) is 4.74 Å². The van der Waals surface area contributed by atoms with Crippen LogP contribution in [0.2, 0.25) is 0 Å². The molecule has 2 aromatic rings. The zero-order valence-electron chi connectivity index (χ0n) is 18.2. The summed E-state index contributed by atoms with van der Waals surface area (Å²) in [5, 5.41) is 9.93. The number of benzene rings is 2. The smallest absolute Gasteiger partial charge is 0.466 e. The minimum absolute atomic E-state index is 0.313. The normalized spacial score (nSPS) is 16.0. The first-order valence-electron chi connectivity index (χ1n) is 9.75. The highest BCUT2D eigenvalue weighted by molar-refractivity contribution is 6.06. The summed E-state index contributed by atoms with van der Waals surface area (Å²) >= 11 is 0. The van der Waals surface area contributed by atoms with Gasteiger partial charge in [0.15, 0.2) is 5.75 Å². The molecule has 0 aromatic heterocycles. The second-order valence-electron chi connectivity index (χ2n) is 7.00. The van der Waals surface area contributed by atoms with E-state index in [9.17, 15) is 32.4 Å². The van der Waals surface area contributed by atoms with Crippen LogP contribution in [-0.4, -0.2) is 32.5 Å². The summed E-state index contributed by atoms with van der Waals surface area (Å²) < 4.78 is 67.1. The van der Waals surface area contributed by atoms with Crippen LogP contribution in [0.25, 0.3) is 0 Å². The molecule has 1 unspecified atom stereocenters. The lowest BCUT2D eigenvalue weighted by atomic mass is 9.81. The van der Waals surface area contributed by atoms with Crippen LogP contribution in [0.1, 0.15) is 11.5 Å². The van der Waals surface area contributed by atoms with Gasteiger partial charge in [0.1, 0.15) is 17.3 Å². The lowest BCUT2D eigenvalue weighted by Gasteiger charge is -2.36. The number of ether oxygens (including phenoxy) is 3. The summed E-state index contributed by atoms with van der Waals surface area (Å²) in [5.41, 5.74) is 4.38. The minimum Gasteiger partial charge on any atom is -0.466 e. The summed E-state index contributed by atoms with van der Waals surface area (Å²) in [6.45, 7) is 0. The highest BCUT2D eigenvalue weighted by Gasteiger charge is 2.44. The van der Waals surface area contributed by atoms with Gasteiger partial charge in [-0.3, -0.25) is 4.90 Å². The number of nitriles is 1. The third-order valence-corrected chi connectivity index (χ3v) is 5.00. The molecule has 182 valence electrons. The van der Waals surface area contributed by atoms with E-state index >= 15 is 0 Å². The average molecular weight is 491 g/mol. The van der Waals surface area contributed by atoms with E-state index in [1.54, 1.807) is 30.3 Å². The van der Waals surface area contributed by atoms with Gasteiger partial charge in [0.25, 0.3) is 0 Å². The van der Waals surface area contributed by atoms with Gasteiger partial charge in [0.05, 0.1) is 43.0 Å². The predicted octanol–water partition coefficient (Wildman–Crippen LogP) is 3.62. The molecule has 12 heteroatoms. The van der Waals surface area contributed by atoms with Gasteiger partial charge in [-0.25, -0.2) is 14.0 Å². The number of methoxy groups -OCH3 is 2. The number of allylic oxidation sites excluding steroid dienone is 1. The third-order valence-electron chi connectivity index (χ3n) is 5.00. The number of alkyl halides is 3. The Balaban J connectivity index is 2.45. The van der Waals surface area contributed by atoms with Crippen molar-refractivity contribution in [3.8, 4) is 11.8 Å². The molecule has 0 radical (unpaired) electrons. The Kier molecular flexibility index (Phi) is 7.00. The number of anilines is 1. The zero-order valence-corrected chi connectivity index (χ0v) is 18.2. The van der Waals surface area contributed by atoms with Crippen molar-refractivity contribution in [1.29, 1.82) is 5.26 Å². The Labute approximate surface area is 196 Å². The number of nitrogens with zero attached hydrogens (tertiary/aromatic N) is 2. The monoisotopic (exact) mass is 491 g/mol. The molecule has 0 spiro atoms. The zero-order chi connectivity index (χ0) is 25.9. The minimum atomic E-state index is -5.20. The van der Waals surface area contributed by atoms with Crippen LogP contribution in [0.5, 0.6) is 5.75 Å². The Bertz CT molecular complexity index is 1270. The first-order chi connectivity index (χ1) is 16.5. The van der Waals surface area contributed by atoms with E-state index in [1.165, 1.54) is 0 Å². The molecule has 1 atom stereocenters. The number of carbonyl (C=O) groups excluding carboxylic acids is 2. The molecule has 0 aliphatic carbocycles. The van der Waals surface area contributed by atoms with Crippen LogP contribution in [0, 0.1) is 17.1 Å². The van der Waals surface area contributed by atoms with Gasteiger partial charge in [-0.2, -0.15) is 5.26 Å². The summed E-state index contributed by atoms with van der Waals surface area (Å²) in [4.78, 5) is 26.5. The van der Waals surface area contributed by atoms with Crippen molar-refractivity contribution in [2.45, 2.75) is 12.3 Å². The number of carbonyl (C=O) groups is 2. The van der Waals surface area contributed by atoms with Gasteiger partial charge in [0.2, 0.25) is 0 Å². The maximum atomic E-state index is 14.2. The molecular weight excluding hydrogens is 474 g/mol. The molecule has 2 N–H and O–H groups in total. The summed E-state index contributed by atoms with van der Waals surface area (Å²) in [6.07, 6.45) is -5.20. The molecule has 3 rings (SSSR count). The van der Waals surface area contributed by atoms with E-state index in [0.29, 0.717) is 28.7 Å². The molecule has 0 fully saturated rings. The van der Waals surface area contributed by atoms with Crippen molar-refractivity contribution in [3.05, 3.63) is 82.6 Å². The van der Waals surface area contributed by atoms with Gasteiger partial charge in [0, 0.05) is 6.07 Å². The largest absolute Gasteiger partial charge is 0.573 e. The van der Waals surface area contributed by atoms with Crippen LogP contribution in [0.3, 0.4) is 0 Å². The number of halogens is 4. The summed E-state index contributed by atoms with van der Waals surface area (Å²) in [7, 11) is 1.96. The number of rotatable bonds is 5. The third kappa shape index (κ3) is 4.89. The van der Waals surface area contributed by atoms with Crippen LogP contribution >= 0.6 is 0 Å². The molecule has 2 aromatic carbocycles. The number of hydrogen-bond donors (Lipinski definition) is 1. The van der Waals surface area contributed by atoms with E-state index in [1.807, 2.05) is 6.07 Å². The SMILES string of the molecule is COC(=O)C1=C(C(=O)OC)N(c2cc(F)ccc2OC(F)(F)F)C(N)=C(C#N)C1c1ccccc1. The fourth-order valence-electron chi connectivity index (χ4n) is 3.64. The maximum Gasteiger partial charge on any atom is 0.573 e. The highest BCUT2D eigenvalue weighted by atomic mass is 19.4. The Morgan fingerprint density at radius 3 is 2.23 bits per heavy atom. The lowest BCUT2D eigenvalue weighted by Crippen LogP contribution is -2.41. The van der Waals surface area contributed by atoms with Crippen molar-refractivity contribution in [2.24, 2.45) is 5.73 Å². The Morgan fingerprint density at radius 1 is 1.06 bits per heavy atom. The Morgan fingerprint density at radius 2 is 1.69 bits per heavy atom. The van der Waals surface area contributed by atoms with Crippen LogP contribution in [-0.2, 0) is 19.1 Å². The van der Waals surface area contributed by atoms with E-state index in [-0.39, 0.29) is 5.57 Å². The van der Waals surface area contributed by atoms with Crippen LogP contribution < -0.4 is 15.4 Å².